The van der Waals surface area contributed by atoms with E-state index in [1.54, 1.807) is 17.0 Å². The van der Waals surface area contributed by atoms with Gasteiger partial charge in [-0.3, -0.25) is 9.10 Å². The third-order valence-electron chi connectivity index (χ3n) is 5.05. The highest BCUT2D eigenvalue weighted by Gasteiger charge is 2.30. The van der Waals surface area contributed by atoms with Crippen LogP contribution in [0.15, 0.2) is 53.4 Å². The number of ether oxygens (including phenoxy) is 1. The predicted molar refractivity (Wildman–Crippen MR) is 109 cm³/mol. The maximum Gasteiger partial charge on any atom is 0.264 e. The molecular weight excluding hydrogens is 395 g/mol. The largest absolute Gasteiger partial charge is 0.497 e. The summed E-state index contributed by atoms with van der Waals surface area (Å²) >= 11 is 0. The Hall–Kier alpha value is -2.61. The van der Waals surface area contributed by atoms with E-state index in [4.69, 9.17) is 4.74 Å². The standard InChI is InChI=1S/C21H25FN2O4S/c1-16-4-3-13-23(14-16)21(25)15-24(18-7-5-17(22)6-8-18)29(26,27)20-11-9-19(28-2)10-12-20/h5-12,16H,3-4,13-15H2,1-2H3/t16-/m0/s1. The molecule has 2 aromatic rings. The van der Waals surface area contributed by atoms with Crippen LogP contribution in [0.2, 0.25) is 0 Å². The number of likely N-dealkylation sites (tertiary alicyclic amines) is 1. The third-order valence-corrected chi connectivity index (χ3v) is 6.84. The first-order valence-corrected chi connectivity index (χ1v) is 11.0. The van der Waals surface area contributed by atoms with Gasteiger partial charge in [-0.15, -0.1) is 0 Å². The van der Waals surface area contributed by atoms with Gasteiger partial charge in [0, 0.05) is 13.1 Å². The minimum absolute atomic E-state index is 0.0300. The molecule has 0 radical (unpaired) electrons. The molecule has 156 valence electrons. The first-order valence-electron chi connectivity index (χ1n) is 9.51. The van der Waals surface area contributed by atoms with Crippen LogP contribution >= 0.6 is 0 Å². The number of piperidine rings is 1. The number of benzene rings is 2. The first kappa shape index (κ1) is 21.1. The van der Waals surface area contributed by atoms with E-state index in [-0.39, 0.29) is 23.0 Å². The van der Waals surface area contributed by atoms with Gasteiger partial charge in [0.2, 0.25) is 5.91 Å². The zero-order valence-electron chi connectivity index (χ0n) is 16.5. The minimum atomic E-state index is -4.03. The Labute approximate surface area is 170 Å². The Morgan fingerprint density at radius 1 is 1.17 bits per heavy atom. The molecule has 0 unspecified atom stereocenters. The number of rotatable bonds is 6. The van der Waals surface area contributed by atoms with Crippen molar-refractivity contribution in [3.63, 3.8) is 0 Å². The van der Waals surface area contributed by atoms with E-state index in [0.29, 0.717) is 24.8 Å². The summed E-state index contributed by atoms with van der Waals surface area (Å²) in [6.07, 6.45) is 1.95. The topological polar surface area (TPSA) is 66.9 Å². The Kier molecular flexibility index (Phi) is 6.42. The summed E-state index contributed by atoms with van der Waals surface area (Å²) in [6, 6.07) is 11.0. The van der Waals surface area contributed by atoms with E-state index in [2.05, 4.69) is 6.92 Å². The molecule has 1 saturated heterocycles. The molecule has 6 nitrogen and oxygen atoms in total. The molecule has 0 saturated carbocycles. The van der Waals surface area contributed by atoms with Crippen molar-refractivity contribution in [2.75, 3.05) is 31.0 Å². The highest BCUT2D eigenvalue weighted by atomic mass is 32.2. The Balaban J connectivity index is 1.93. The Morgan fingerprint density at radius 3 is 2.41 bits per heavy atom. The fraction of sp³-hybridized carbons (Fsp3) is 0.381. The van der Waals surface area contributed by atoms with Crippen LogP contribution in [0.1, 0.15) is 19.8 Å². The van der Waals surface area contributed by atoms with Crippen molar-refractivity contribution in [2.24, 2.45) is 5.92 Å². The molecule has 1 aliphatic heterocycles. The summed E-state index contributed by atoms with van der Waals surface area (Å²) in [5, 5.41) is 0. The maximum absolute atomic E-state index is 13.4. The number of carbonyl (C=O) groups is 1. The van der Waals surface area contributed by atoms with Crippen LogP contribution in [0, 0.1) is 11.7 Å². The first-order chi connectivity index (χ1) is 13.8. The fourth-order valence-electron chi connectivity index (χ4n) is 3.44. The average Bonchev–Trinajstić information content (AvgIpc) is 2.72. The molecule has 0 N–H and O–H groups in total. The van der Waals surface area contributed by atoms with Gasteiger partial charge in [-0.05, 0) is 67.3 Å². The third kappa shape index (κ3) is 4.87. The summed E-state index contributed by atoms with van der Waals surface area (Å²) in [7, 11) is -2.54. The van der Waals surface area contributed by atoms with E-state index >= 15 is 0 Å². The lowest BCUT2D eigenvalue weighted by Crippen LogP contribution is -2.46. The van der Waals surface area contributed by atoms with Gasteiger partial charge < -0.3 is 9.64 Å². The zero-order chi connectivity index (χ0) is 21.0. The molecular formula is C21H25FN2O4S. The average molecular weight is 421 g/mol. The quantitative estimate of drug-likeness (QED) is 0.719. The molecule has 1 fully saturated rings. The molecule has 0 aromatic heterocycles. The molecule has 0 bridgehead atoms. The number of halogens is 1. The second-order valence-corrected chi connectivity index (χ2v) is 9.11. The van der Waals surface area contributed by atoms with Gasteiger partial charge in [-0.1, -0.05) is 6.92 Å². The monoisotopic (exact) mass is 420 g/mol. The predicted octanol–water partition coefficient (Wildman–Crippen LogP) is 3.29. The lowest BCUT2D eigenvalue weighted by molar-refractivity contribution is -0.131. The summed E-state index contributed by atoms with van der Waals surface area (Å²) in [6.45, 7) is 2.96. The smallest absolute Gasteiger partial charge is 0.264 e. The number of sulfonamides is 1. The number of methoxy groups -OCH3 is 1. The van der Waals surface area contributed by atoms with Gasteiger partial charge in [-0.2, -0.15) is 0 Å². The molecule has 1 atom stereocenters. The van der Waals surface area contributed by atoms with Crippen LogP contribution in [-0.4, -0.2) is 46.0 Å². The highest BCUT2D eigenvalue weighted by molar-refractivity contribution is 7.92. The van der Waals surface area contributed by atoms with E-state index in [1.165, 1.54) is 43.5 Å². The normalized spacial score (nSPS) is 17.1. The van der Waals surface area contributed by atoms with Crippen LogP contribution < -0.4 is 9.04 Å². The van der Waals surface area contributed by atoms with E-state index in [1.807, 2.05) is 0 Å². The number of hydrogen-bond acceptors (Lipinski definition) is 4. The van der Waals surface area contributed by atoms with Crippen LogP contribution in [0.3, 0.4) is 0 Å². The molecule has 0 spiro atoms. The van der Waals surface area contributed by atoms with Crippen LogP contribution in [0.4, 0.5) is 10.1 Å². The van der Waals surface area contributed by atoms with Crippen molar-refractivity contribution >= 4 is 21.6 Å². The highest BCUT2D eigenvalue weighted by Crippen LogP contribution is 2.26. The number of anilines is 1. The summed E-state index contributed by atoms with van der Waals surface area (Å²) in [5.74, 6) is 0.158. The number of nitrogens with zero attached hydrogens (tertiary/aromatic N) is 2. The SMILES string of the molecule is COc1ccc(S(=O)(=O)N(CC(=O)N2CCC[C@H](C)C2)c2ccc(F)cc2)cc1. The molecule has 8 heteroatoms. The van der Waals surface area contributed by atoms with E-state index in [0.717, 1.165) is 17.1 Å². The maximum atomic E-state index is 13.4. The zero-order valence-corrected chi connectivity index (χ0v) is 17.4. The van der Waals surface area contributed by atoms with Crippen molar-refractivity contribution in [1.82, 2.24) is 4.90 Å². The van der Waals surface area contributed by atoms with E-state index in [9.17, 15) is 17.6 Å². The second kappa shape index (κ2) is 8.82. The molecule has 2 aromatic carbocycles. The molecule has 1 amide bonds. The van der Waals surface area contributed by atoms with Crippen molar-refractivity contribution in [3.8, 4) is 5.75 Å². The number of carbonyl (C=O) groups excluding carboxylic acids is 1. The second-order valence-electron chi connectivity index (χ2n) is 7.25. The minimum Gasteiger partial charge on any atom is -0.497 e. The van der Waals surface area contributed by atoms with Crippen LogP contribution in [-0.2, 0) is 14.8 Å². The molecule has 0 aliphatic carbocycles. The van der Waals surface area contributed by atoms with Gasteiger partial charge in [-0.25, -0.2) is 12.8 Å². The molecule has 1 heterocycles. The number of amides is 1. The summed E-state index contributed by atoms with van der Waals surface area (Å²) in [4.78, 5) is 14.6. The van der Waals surface area contributed by atoms with Gasteiger partial charge >= 0.3 is 0 Å². The fourth-order valence-corrected chi connectivity index (χ4v) is 4.85. The van der Waals surface area contributed by atoms with E-state index < -0.39 is 15.8 Å². The molecule has 3 rings (SSSR count). The molecule has 1 aliphatic rings. The van der Waals surface area contributed by atoms with Crippen molar-refractivity contribution in [3.05, 3.63) is 54.3 Å². The Morgan fingerprint density at radius 2 is 1.83 bits per heavy atom. The van der Waals surface area contributed by atoms with Crippen molar-refractivity contribution in [2.45, 2.75) is 24.7 Å². The Bertz CT molecular complexity index is 946. The van der Waals surface area contributed by atoms with Crippen molar-refractivity contribution < 1.29 is 22.3 Å². The summed E-state index contributed by atoms with van der Waals surface area (Å²) < 4.78 is 46.2. The van der Waals surface area contributed by atoms with Gasteiger partial charge in [0.05, 0.1) is 17.7 Å². The van der Waals surface area contributed by atoms with Crippen molar-refractivity contribution in [1.29, 1.82) is 0 Å². The van der Waals surface area contributed by atoms with Crippen LogP contribution in [0.5, 0.6) is 5.75 Å². The van der Waals surface area contributed by atoms with Crippen LogP contribution in [0.25, 0.3) is 0 Å². The number of hydrogen-bond donors (Lipinski definition) is 0. The van der Waals surface area contributed by atoms with Gasteiger partial charge in [0.1, 0.15) is 18.1 Å². The van der Waals surface area contributed by atoms with Gasteiger partial charge in [0.25, 0.3) is 10.0 Å². The lowest BCUT2D eigenvalue weighted by Gasteiger charge is -2.33. The van der Waals surface area contributed by atoms with Gasteiger partial charge in [0.15, 0.2) is 0 Å². The lowest BCUT2D eigenvalue weighted by atomic mass is 10.0. The molecule has 29 heavy (non-hydrogen) atoms. The summed E-state index contributed by atoms with van der Waals surface area (Å²) in [5.41, 5.74) is 0.237.